The zero-order chi connectivity index (χ0) is 26.7. The van der Waals surface area contributed by atoms with Gasteiger partial charge in [-0.2, -0.15) is 0 Å². The number of rotatable bonds is 5. The summed E-state index contributed by atoms with van der Waals surface area (Å²) < 4.78 is 0. The van der Waals surface area contributed by atoms with E-state index in [0.717, 1.165) is 33.5 Å². The van der Waals surface area contributed by atoms with Gasteiger partial charge in [0.05, 0.1) is 22.4 Å². The first-order valence-corrected chi connectivity index (χ1v) is 13.4. The lowest BCUT2D eigenvalue weighted by Crippen LogP contribution is -1.95. The number of hydrogen-bond donors (Lipinski definition) is 0. The molecule has 40 heavy (non-hydrogen) atoms. The van der Waals surface area contributed by atoms with Crippen molar-refractivity contribution >= 4 is 11.0 Å². The van der Waals surface area contributed by atoms with Crippen molar-refractivity contribution < 1.29 is 0 Å². The lowest BCUT2D eigenvalue weighted by atomic mass is 9.97. The molecule has 5 aromatic carbocycles. The number of aromatic nitrogens is 3. The third kappa shape index (κ3) is 4.65. The maximum absolute atomic E-state index is 5.03. The Kier molecular flexibility index (Phi) is 6.15. The maximum Gasteiger partial charge on any atom is 0.0973 e. The molecule has 0 unspecified atom stereocenters. The van der Waals surface area contributed by atoms with Crippen molar-refractivity contribution in [2.75, 3.05) is 0 Å². The van der Waals surface area contributed by atoms with Gasteiger partial charge in [-0.1, -0.05) is 115 Å². The lowest BCUT2D eigenvalue weighted by molar-refractivity contribution is 1.29. The fourth-order valence-corrected chi connectivity index (χ4v) is 5.07. The fourth-order valence-electron chi connectivity index (χ4n) is 5.07. The maximum atomic E-state index is 5.03. The Hall–Kier alpha value is -5.41. The highest BCUT2D eigenvalue weighted by molar-refractivity contribution is 5.86. The van der Waals surface area contributed by atoms with Crippen LogP contribution in [0, 0.1) is 0 Å². The van der Waals surface area contributed by atoms with Gasteiger partial charge in [-0.15, -0.1) is 0 Å². The molecular weight excluding hydrogens is 486 g/mol. The molecule has 3 nitrogen and oxygen atoms in total. The molecule has 2 aromatic heterocycles. The molecule has 0 saturated carbocycles. The first-order valence-electron chi connectivity index (χ1n) is 13.4. The summed E-state index contributed by atoms with van der Waals surface area (Å²) in [7, 11) is 0. The molecule has 0 spiro atoms. The minimum Gasteiger partial charge on any atom is -0.265 e. The van der Waals surface area contributed by atoms with Crippen molar-refractivity contribution in [1.82, 2.24) is 15.0 Å². The molecule has 188 valence electrons. The van der Waals surface area contributed by atoms with Crippen LogP contribution in [0.2, 0.25) is 0 Å². The summed E-state index contributed by atoms with van der Waals surface area (Å²) in [6.45, 7) is 0. The van der Waals surface area contributed by atoms with Crippen molar-refractivity contribution in [2.24, 2.45) is 0 Å². The van der Waals surface area contributed by atoms with Gasteiger partial charge in [0.1, 0.15) is 0 Å². The van der Waals surface area contributed by atoms with Crippen molar-refractivity contribution in [3.63, 3.8) is 0 Å². The predicted octanol–water partition coefficient (Wildman–Crippen LogP) is 9.36. The quantitative estimate of drug-likeness (QED) is 0.231. The molecule has 0 atom stereocenters. The van der Waals surface area contributed by atoms with Crippen LogP contribution < -0.4 is 0 Å². The highest BCUT2D eigenvalue weighted by Gasteiger charge is 2.13. The van der Waals surface area contributed by atoms with Gasteiger partial charge < -0.3 is 0 Å². The van der Waals surface area contributed by atoms with E-state index in [1.165, 1.54) is 33.4 Å². The van der Waals surface area contributed by atoms with Crippen LogP contribution in [0.15, 0.2) is 152 Å². The summed E-state index contributed by atoms with van der Waals surface area (Å²) in [5.41, 5.74) is 12.8. The van der Waals surface area contributed by atoms with Gasteiger partial charge in [0.2, 0.25) is 0 Å². The van der Waals surface area contributed by atoms with Crippen molar-refractivity contribution in [3.8, 4) is 55.9 Å². The van der Waals surface area contributed by atoms with E-state index < -0.39 is 0 Å². The summed E-state index contributed by atoms with van der Waals surface area (Å²) in [6.07, 6.45) is 3.65. The van der Waals surface area contributed by atoms with Crippen LogP contribution in [0.3, 0.4) is 0 Å². The molecule has 7 aromatic rings. The summed E-state index contributed by atoms with van der Waals surface area (Å²) in [5, 5.41) is 0. The lowest BCUT2D eigenvalue weighted by Gasteiger charge is -2.11. The SMILES string of the molecule is c1ccc(-c2nc3ccccc3nc2-c2ccc(-c3ccc(-c4ccc(-c5ccncc5)cc4)cc3)cc2)cc1. The van der Waals surface area contributed by atoms with Gasteiger partial charge in [0, 0.05) is 23.5 Å². The number of para-hydroxylation sites is 2. The molecule has 0 bridgehead atoms. The Morgan fingerprint density at radius 1 is 0.275 bits per heavy atom. The van der Waals surface area contributed by atoms with Crippen LogP contribution in [-0.4, -0.2) is 15.0 Å². The monoisotopic (exact) mass is 511 g/mol. The van der Waals surface area contributed by atoms with E-state index in [1.54, 1.807) is 0 Å². The van der Waals surface area contributed by atoms with Crippen LogP contribution in [-0.2, 0) is 0 Å². The Bertz CT molecular complexity index is 1890. The van der Waals surface area contributed by atoms with E-state index in [0.29, 0.717) is 0 Å². The van der Waals surface area contributed by atoms with E-state index in [2.05, 4.69) is 89.9 Å². The molecule has 0 amide bonds. The standard InChI is InChI=1S/C37H25N3/c1-2-6-32(7-3-1)36-37(40-35-9-5-4-8-34(35)39-36)33-20-18-29(19-21-33)28-12-10-26(11-13-28)27-14-16-30(17-15-27)31-22-24-38-25-23-31/h1-25H. The molecule has 2 heterocycles. The van der Waals surface area contributed by atoms with Crippen LogP contribution in [0.4, 0.5) is 0 Å². The first-order chi connectivity index (χ1) is 19.8. The minimum absolute atomic E-state index is 0.891. The van der Waals surface area contributed by atoms with Crippen LogP contribution in [0.5, 0.6) is 0 Å². The van der Waals surface area contributed by atoms with E-state index >= 15 is 0 Å². The summed E-state index contributed by atoms with van der Waals surface area (Å²) in [4.78, 5) is 14.1. The summed E-state index contributed by atoms with van der Waals surface area (Å²) >= 11 is 0. The third-order valence-electron chi connectivity index (χ3n) is 7.23. The van der Waals surface area contributed by atoms with Gasteiger partial charge in [0.15, 0.2) is 0 Å². The number of nitrogens with zero attached hydrogens (tertiary/aromatic N) is 3. The van der Waals surface area contributed by atoms with Crippen LogP contribution >= 0.6 is 0 Å². The molecule has 0 fully saturated rings. The smallest absolute Gasteiger partial charge is 0.0973 e. The van der Waals surface area contributed by atoms with E-state index in [1.807, 2.05) is 67.0 Å². The van der Waals surface area contributed by atoms with Gasteiger partial charge in [0.25, 0.3) is 0 Å². The Morgan fingerprint density at radius 3 is 1.02 bits per heavy atom. The van der Waals surface area contributed by atoms with E-state index in [-0.39, 0.29) is 0 Å². The normalized spacial score (nSPS) is 11.0. The number of hydrogen-bond acceptors (Lipinski definition) is 3. The van der Waals surface area contributed by atoms with Crippen LogP contribution in [0.25, 0.3) is 66.9 Å². The van der Waals surface area contributed by atoms with Gasteiger partial charge >= 0.3 is 0 Å². The molecular formula is C37H25N3. The Labute approximate surface area is 233 Å². The molecule has 0 N–H and O–H groups in total. The predicted molar refractivity (Wildman–Crippen MR) is 165 cm³/mol. The number of fused-ring (bicyclic) bond motifs is 1. The Morgan fingerprint density at radius 2 is 0.600 bits per heavy atom. The second-order valence-electron chi connectivity index (χ2n) is 9.74. The molecule has 3 heteroatoms. The number of benzene rings is 5. The summed E-state index contributed by atoms with van der Waals surface area (Å²) in [6, 6.07) is 48.4. The average Bonchev–Trinajstić information content (AvgIpc) is 3.05. The first kappa shape index (κ1) is 23.7. The highest BCUT2D eigenvalue weighted by Crippen LogP contribution is 2.33. The molecule has 0 saturated heterocycles. The Balaban J connectivity index is 1.17. The molecule has 7 rings (SSSR count). The summed E-state index contributed by atoms with van der Waals surface area (Å²) in [5.74, 6) is 0. The minimum atomic E-state index is 0.891. The second-order valence-corrected chi connectivity index (χ2v) is 9.74. The van der Waals surface area contributed by atoms with E-state index in [9.17, 15) is 0 Å². The van der Waals surface area contributed by atoms with Crippen LogP contribution in [0.1, 0.15) is 0 Å². The van der Waals surface area contributed by atoms with Gasteiger partial charge in [-0.05, 0) is 57.6 Å². The fraction of sp³-hybridized carbons (Fsp3) is 0. The molecule has 0 aliphatic heterocycles. The third-order valence-corrected chi connectivity index (χ3v) is 7.23. The van der Waals surface area contributed by atoms with Crippen molar-refractivity contribution in [1.29, 1.82) is 0 Å². The topological polar surface area (TPSA) is 38.7 Å². The second kappa shape index (κ2) is 10.4. The van der Waals surface area contributed by atoms with Crippen molar-refractivity contribution in [3.05, 3.63) is 152 Å². The largest absolute Gasteiger partial charge is 0.265 e. The van der Waals surface area contributed by atoms with E-state index in [4.69, 9.17) is 9.97 Å². The average molecular weight is 512 g/mol. The van der Waals surface area contributed by atoms with Crippen molar-refractivity contribution in [2.45, 2.75) is 0 Å². The molecule has 0 radical (unpaired) electrons. The zero-order valence-electron chi connectivity index (χ0n) is 21.8. The number of pyridine rings is 1. The molecule has 0 aliphatic carbocycles. The van der Waals surface area contributed by atoms with Gasteiger partial charge in [-0.25, -0.2) is 9.97 Å². The zero-order valence-corrected chi connectivity index (χ0v) is 21.8. The van der Waals surface area contributed by atoms with Gasteiger partial charge in [-0.3, -0.25) is 4.98 Å². The highest BCUT2D eigenvalue weighted by atomic mass is 14.8. The molecule has 0 aliphatic rings.